The smallest absolute Gasteiger partial charge is 0.0900 e. The number of hydrogen-bond acceptors (Lipinski definition) is 4. The van der Waals surface area contributed by atoms with Gasteiger partial charge in [-0.2, -0.15) is 0 Å². The molecule has 0 aromatic carbocycles. The summed E-state index contributed by atoms with van der Waals surface area (Å²) < 4.78 is 5.48. The molecule has 0 bridgehead atoms. The molecule has 0 aromatic heterocycles. The van der Waals surface area contributed by atoms with Crippen molar-refractivity contribution in [1.29, 1.82) is 0 Å². The summed E-state index contributed by atoms with van der Waals surface area (Å²) in [6, 6.07) is 0.434. The third kappa shape index (κ3) is 6.21. The predicted octanol–water partition coefficient (Wildman–Crippen LogP) is 1.61. The van der Waals surface area contributed by atoms with Gasteiger partial charge in [-0.05, 0) is 31.7 Å². The first-order valence-corrected chi connectivity index (χ1v) is 7.91. The molecular formula is C15H32N2O2. The Hall–Kier alpha value is -0.160. The number of hydrogen-bond donors (Lipinski definition) is 2. The number of nitrogens with zero attached hydrogens (tertiary/aromatic N) is 1. The van der Waals surface area contributed by atoms with Crippen LogP contribution in [-0.2, 0) is 4.74 Å². The van der Waals surface area contributed by atoms with Gasteiger partial charge in [-0.25, -0.2) is 0 Å². The first kappa shape index (κ1) is 16.9. The lowest BCUT2D eigenvalue weighted by molar-refractivity contribution is -0.00283. The SMILES string of the molecule is CCCCOCC(O)CN1CCC(CC)CC1CN. The van der Waals surface area contributed by atoms with E-state index < -0.39 is 0 Å². The van der Waals surface area contributed by atoms with Crippen LogP contribution in [0.1, 0.15) is 46.0 Å². The Balaban J connectivity index is 2.26. The highest BCUT2D eigenvalue weighted by Gasteiger charge is 2.27. The van der Waals surface area contributed by atoms with Gasteiger partial charge in [-0.3, -0.25) is 4.90 Å². The fourth-order valence-corrected chi connectivity index (χ4v) is 2.83. The minimum atomic E-state index is -0.385. The van der Waals surface area contributed by atoms with E-state index >= 15 is 0 Å². The van der Waals surface area contributed by atoms with Gasteiger partial charge in [0.1, 0.15) is 0 Å². The van der Waals surface area contributed by atoms with E-state index in [1.54, 1.807) is 0 Å². The van der Waals surface area contributed by atoms with E-state index in [0.29, 0.717) is 25.7 Å². The Kier molecular flexibility index (Phi) is 8.62. The van der Waals surface area contributed by atoms with Crippen LogP contribution < -0.4 is 5.73 Å². The third-order valence-electron chi connectivity index (χ3n) is 4.19. The van der Waals surface area contributed by atoms with Crippen LogP contribution in [0.25, 0.3) is 0 Å². The van der Waals surface area contributed by atoms with E-state index in [9.17, 15) is 5.11 Å². The molecule has 19 heavy (non-hydrogen) atoms. The molecule has 4 nitrogen and oxygen atoms in total. The summed E-state index contributed by atoms with van der Waals surface area (Å²) in [5.74, 6) is 0.808. The topological polar surface area (TPSA) is 58.7 Å². The van der Waals surface area contributed by atoms with Crippen molar-refractivity contribution >= 4 is 0 Å². The molecule has 1 rings (SSSR count). The molecule has 1 aliphatic rings. The van der Waals surface area contributed by atoms with E-state index in [-0.39, 0.29) is 6.10 Å². The van der Waals surface area contributed by atoms with Gasteiger partial charge in [0.2, 0.25) is 0 Å². The lowest BCUT2D eigenvalue weighted by Gasteiger charge is -2.39. The highest BCUT2D eigenvalue weighted by atomic mass is 16.5. The number of rotatable bonds is 9. The monoisotopic (exact) mass is 272 g/mol. The summed E-state index contributed by atoms with van der Waals surface area (Å²) in [5.41, 5.74) is 5.87. The molecule has 1 saturated heterocycles. The summed E-state index contributed by atoms with van der Waals surface area (Å²) in [4.78, 5) is 2.35. The zero-order chi connectivity index (χ0) is 14.1. The molecule has 0 radical (unpaired) electrons. The van der Waals surface area contributed by atoms with E-state index in [1.807, 2.05) is 0 Å². The predicted molar refractivity (Wildman–Crippen MR) is 79.2 cm³/mol. The first-order valence-electron chi connectivity index (χ1n) is 7.91. The Bertz CT molecular complexity index is 226. The van der Waals surface area contributed by atoms with Crippen LogP contribution in [0.15, 0.2) is 0 Å². The van der Waals surface area contributed by atoms with E-state index in [4.69, 9.17) is 10.5 Å². The second-order valence-corrected chi connectivity index (χ2v) is 5.77. The molecule has 4 heteroatoms. The molecular weight excluding hydrogens is 240 g/mol. The highest BCUT2D eigenvalue weighted by Crippen LogP contribution is 2.24. The summed E-state index contributed by atoms with van der Waals surface area (Å²) in [6.07, 6.45) is 5.47. The van der Waals surface area contributed by atoms with Gasteiger partial charge in [-0.1, -0.05) is 26.7 Å². The Morgan fingerprint density at radius 2 is 2.21 bits per heavy atom. The number of β-amino-alcohol motifs (C(OH)–C–C–N with tert-alkyl or cyclic N) is 1. The molecule has 0 aromatic rings. The van der Waals surface area contributed by atoms with Crippen molar-refractivity contribution in [1.82, 2.24) is 4.90 Å². The fraction of sp³-hybridized carbons (Fsp3) is 1.00. The molecule has 0 spiro atoms. The van der Waals surface area contributed by atoms with Crippen LogP contribution in [0, 0.1) is 5.92 Å². The number of aliphatic hydroxyl groups excluding tert-OH is 1. The van der Waals surface area contributed by atoms with Gasteiger partial charge >= 0.3 is 0 Å². The van der Waals surface area contributed by atoms with E-state index in [1.165, 1.54) is 19.3 Å². The molecule has 1 fully saturated rings. The molecule has 3 atom stereocenters. The summed E-state index contributed by atoms with van der Waals surface area (Å²) in [5, 5.41) is 10.0. The van der Waals surface area contributed by atoms with Crippen LogP contribution in [0.3, 0.4) is 0 Å². The second kappa shape index (κ2) is 9.70. The molecule has 1 heterocycles. The normalized spacial score (nSPS) is 26.5. The molecule has 114 valence electrons. The van der Waals surface area contributed by atoms with Crippen molar-refractivity contribution in [3.8, 4) is 0 Å². The number of nitrogens with two attached hydrogens (primary N) is 1. The van der Waals surface area contributed by atoms with Crippen molar-refractivity contribution in [2.24, 2.45) is 11.7 Å². The molecule has 3 unspecified atom stereocenters. The Morgan fingerprint density at radius 3 is 2.84 bits per heavy atom. The lowest BCUT2D eigenvalue weighted by Crippen LogP contribution is -2.49. The zero-order valence-electron chi connectivity index (χ0n) is 12.7. The number of likely N-dealkylation sites (tertiary alicyclic amines) is 1. The van der Waals surface area contributed by atoms with E-state index in [0.717, 1.165) is 31.9 Å². The van der Waals surface area contributed by atoms with Gasteiger partial charge in [0, 0.05) is 25.7 Å². The fourth-order valence-electron chi connectivity index (χ4n) is 2.83. The van der Waals surface area contributed by atoms with Crippen molar-refractivity contribution in [3.05, 3.63) is 0 Å². The van der Waals surface area contributed by atoms with Crippen LogP contribution in [0.2, 0.25) is 0 Å². The van der Waals surface area contributed by atoms with Crippen LogP contribution >= 0.6 is 0 Å². The largest absolute Gasteiger partial charge is 0.389 e. The molecule has 0 amide bonds. The van der Waals surface area contributed by atoms with Crippen molar-refractivity contribution in [2.75, 3.05) is 32.8 Å². The number of ether oxygens (including phenoxy) is 1. The minimum absolute atomic E-state index is 0.385. The van der Waals surface area contributed by atoms with Gasteiger partial charge in [0.15, 0.2) is 0 Å². The first-order chi connectivity index (χ1) is 9.21. The van der Waals surface area contributed by atoms with Crippen LogP contribution in [0.4, 0.5) is 0 Å². The Morgan fingerprint density at radius 1 is 1.42 bits per heavy atom. The average molecular weight is 272 g/mol. The second-order valence-electron chi connectivity index (χ2n) is 5.77. The van der Waals surface area contributed by atoms with Crippen LogP contribution in [-0.4, -0.2) is 55.0 Å². The van der Waals surface area contributed by atoms with Crippen molar-refractivity contribution in [3.63, 3.8) is 0 Å². The number of unbranched alkanes of at least 4 members (excludes halogenated alkanes) is 1. The number of aliphatic hydroxyl groups is 1. The molecule has 0 aliphatic carbocycles. The van der Waals surface area contributed by atoms with Crippen molar-refractivity contribution in [2.45, 2.75) is 58.1 Å². The van der Waals surface area contributed by atoms with Gasteiger partial charge in [0.25, 0.3) is 0 Å². The van der Waals surface area contributed by atoms with Gasteiger partial charge in [-0.15, -0.1) is 0 Å². The highest BCUT2D eigenvalue weighted by molar-refractivity contribution is 4.83. The molecule has 3 N–H and O–H groups in total. The van der Waals surface area contributed by atoms with E-state index in [2.05, 4.69) is 18.7 Å². The maximum atomic E-state index is 10.0. The standard InChI is InChI=1S/C15H32N2O2/c1-3-5-8-19-12-15(18)11-17-7-6-13(4-2)9-14(17)10-16/h13-15,18H,3-12,16H2,1-2H3. The van der Waals surface area contributed by atoms with Crippen LogP contribution in [0.5, 0.6) is 0 Å². The zero-order valence-corrected chi connectivity index (χ0v) is 12.7. The quantitative estimate of drug-likeness (QED) is 0.626. The summed E-state index contributed by atoms with van der Waals surface area (Å²) in [7, 11) is 0. The molecule has 1 aliphatic heterocycles. The maximum absolute atomic E-state index is 10.0. The summed E-state index contributed by atoms with van der Waals surface area (Å²) in [6.45, 7) is 8.06. The maximum Gasteiger partial charge on any atom is 0.0900 e. The molecule has 0 saturated carbocycles. The number of piperidine rings is 1. The summed E-state index contributed by atoms with van der Waals surface area (Å²) >= 11 is 0. The average Bonchev–Trinajstić information content (AvgIpc) is 2.44. The minimum Gasteiger partial charge on any atom is -0.389 e. The Labute approximate surface area is 118 Å². The van der Waals surface area contributed by atoms with Gasteiger partial charge in [0.05, 0.1) is 12.7 Å². The van der Waals surface area contributed by atoms with Crippen molar-refractivity contribution < 1.29 is 9.84 Å². The van der Waals surface area contributed by atoms with Gasteiger partial charge < -0.3 is 15.6 Å². The third-order valence-corrected chi connectivity index (χ3v) is 4.19. The lowest BCUT2D eigenvalue weighted by atomic mass is 9.89.